The molecular weight excluding hydrogens is 274 g/mol. The van der Waals surface area contributed by atoms with Gasteiger partial charge in [0.05, 0.1) is 0 Å². The predicted molar refractivity (Wildman–Crippen MR) is 89.5 cm³/mol. The molecule has 0 unspecified atom stereocenters. The third-order valence-corrected chi connectivity index (χ3v) is 4.16. The van der Waals surface area contributed by atoms with Crippen LogP contribution in [-0.2, 0) is 0 Å². The number of rotatable bonds is 8. The molecule has 0 saturated heterocycles. The molecule has 106 valence electrons. The van der Waals surface area contributed by atoms with Crippen LogP contribution in [0.3, 0.4) is 0 Å². The first kappa shape index (κ1) is 16.2. The number of hydrogen-bond acceptors (Lipinski definition) is 3. The number of guanidine groups is 1. The second kappa shape index (κ2) is 11.1. The average Bonchev–Trinajstić information content (AvgIpc) is 2.46. The van der Waals surface area contributed by atoms with E-state index < -0.39 is 0 Å². The van der Waals surface area contributed by atoms with Gasteiger partial charge >= 0.3 is 0 Å². The lowest BCUT2D eigenvalue weighted by atomic mass is 10.4. The van der Waals surface area contributed by atoms with Crippen LogP contribution >= 0.6 is 23.5 Å². The normalized spacial score (nSPS) is 11.4. The molecule has 0 saturated carbocycles. The Kier molecular flexibility index (Phi) is 9.45. The number of benzene rings is 1. The van der Waals surface area contributed by atoms with Crippen molar-refractivity contribution in [3.05, 3.63) is 30.3 Å². The minimum absolute atomic E-state index is 0.898. The van der Waals surface area contributed by atoms with Crippen LogP contribution in [0, 0.1) is 0 Å². The fraction of sp³-hybridized carbons (Fsp3) is 0.500. The van der Waals surface area contributed by atoms with Gasteiger partial charge in [0.2, 0.25) is 0 Å². The van der Waals surface area contributed by atoms with Crippen LogP contribution in [0.1, 0.15) is 6.42 Å². The topological polar surface area (TPSA) is 36.4 Å². The lowest BCUT2D eigenvalue weighted by Crippen LogP contribution is -2.38. The van der Waals surface area contributed by atoms with E-state index in [1.165, 1.54) is 17.1 Å². The Morgan fingerprint density at radius 1 is 1.11 bits per heavy atom. The molecule has 5 heteroatoms. The fourth-order valence-electron chi connectivity index (χ4n) is 1.50. The highest BCUT2D eigenvalue weighted by Gasteiger charge is 1.97. The van der Waals surface area contributed by atoms with Gasteiger partial charge in [-0.15, -0.1) is 11.8 Å². The summed E-state index contributed by atoms with van der Waals surface area (Å²) in [7, 11) is 1.81. The lowest BCUT2D eigenvalue weighted by molar-refractivity contribution is 0.801. The summed E-state index contributed by atoms with van der Waals surface area (Å²) in [5.74, 6) is 3.12. The maximum Gasteiger partial charge on any atom is 0.191 e. The number of thioether (sulfide) groups is 2. The van der Waals surface area contributed by atoms with E-state index in [0.717, 1.165) is 24.8 Å². The molecule has 0 atom stereocenters. The zero-order chi connectivity index (χ0) is 13.8. The van der Waals surface area contributed by atoms with E-state index >= 15 is 0 Å². The molecular formula is C14H23N3S2. The van der Waals surface area contributed by atoms with Crippen molar-refractivity contribution in [2.75, 3.05) is 37.9 Å². The largest absolute Gasteiger partial charge is 0.356 e. The van der Waals surface area contributed by atoms with E-state index in [2.05, 4.69) is 46.1 Å². The Bertz CT molecular complexity index is 355. The first-order valence-corrected chi connectivity index (χ1v) is 8.86. The molecule has 0 bridgehead atoms. The summed E-state index contributed by atoms with van der Waals surface area (Å²) >= 11 is 3.73. The van der Waals surface area contributed by atoms with Gasteiger partial charge in [-0.25, -0.2) is 0 Å². The molecule has 0 aliphatic heterocycles. The smallest absolute Gasteiger partial charge is 0.191 e. The Balaban J connectivity index is 2.09. The van der Waals surface area contributed by atoms with Crippen LogP contribution in [0.15, 0.2) is 40.2 Å². The minimum Gasteiger partial charge on any atom is -0.356 e. The lowest BCUT2D eigenvalue weighted by Gasteiger charge is -2.11. The van der Waals surface area contributed by atoms with E-state index in [9.17, 15) is 0 Å². The van der Waals surface area contributed by atoms with Crippen LogP contribution in [0.2, 0.25) is 0 Å². The highest BCUT2D eigenvalue weighted by molar-refractivity contribution is 7.99. The van der Waals surface area contributed by atoms with E-state index in [-0.39, 0.29) is 0 Å². The van der Waals surface area contributed by atoms with Gasteiger partial charge in [-0.1, -0.05) is 18.2 Å². The van der Waals surface area contributed by atoms with E-state index in [1.807, 2.05) is 36.6 Å². The van der Waals surface area contributed by atoms with Crippen molar-refractivity contribution >= 4 is 29.5 Å². The van der Waals surface area contributed by atoms with Crippen LogP contribution < -0.4 is 10.6 Å². The third kappa shape index (κ3) is 8.06. The zero-order valence-corrected chi connectivity index (χ0v) is 13.3. The third-order valence-electron chi connectivity index (χ3n) is 2.45. The number of hydrogen-bond donors (Lipinski definition) is 2. The standard InChI is InChI=1S/C14H23N3S2/c1-15-14(16-9-6-11-18-2)17-10-12-19-13-7-4-3-5-8-13/h3-5,7-8H,6,9-12H2,1-2H3,(H2,15,16,17). The van der Waals surface area contributed by atoms with Crippen molar-refractivity contribution < 1.29 is 0 Å². The molecule has 0 aliphatic rings. The van der Waals surface area contributed by atoms with E-state index in [1.54, 1.807) is 0 Å². The molecule has 0 aliphatic carbocycles. The van der Waals surface area contributed by atoms with Gasteiger partial charge in [-0.05, 0) is 30.6 Å². The van der Waals surface area contributed by atoms with E-state index in [4.69, 9.17) is 0 Å². The Morgan fingerprint density at radius 3 is 2.53 bits per heavy atom. The predicted octanol–water partition coefficient (Wildman–Crippen LogP) is 2.70. The summed E-state index contributed by atoms with van der Waals surface area (Å²) in [6.45, 7) is 1.90. The van der Waals surface area contributed by atoms with Crippen LogP contribution in [0.4, 0.5) is 0 Å². The second-order valence-electron chi connectivity index (χ2n) is 3.93. The van der Waals surface area contributed by atoms with Crippen molar-refractivity contribution in [1.82, 2.24) is 10.6 Å². The van der Waals surface area contributed by atoms with Gasteiger partial charge in [0.25, 0.3) is 0 Å². The van der Waals surface area contributed by atoms with Gasteiger partial charge in [0.15, 0.2) is 5.96 Å². The molecule has 19 heavy (non-hydrogen) atoms. The second-order valence-corrected chi connectivity index (χ2v) is 6.09. The minimum atomic E-state index is 0.898. The summed E-state index contributed by atoms with van der Waals surface area (Å²) in [6, 6.07) is 10.5. The molecule has 1 aromatic rings. The maximum atomic E-state index is 4.21. The monoisotopic (exact) mass is 297 g/mol. The first-order valence-electron chi connectivity index (χ1n) is 6.48. The zero-order valence-electron chi connectivity index (χ0n) is 11.7. The quantitative estimate of drug-likeness (QED) is 0.335. The van der Waals surface area contributed by atoms with Gasteiger partial charge in [0.1, 0.15) is 0 Å². The summed E-state index contributed by atoms with van der Waals surface area (Å²) in [4.78, 5) is 5.52. The van der Waals surface area contributed by atoms with Gasteiger partial charge in [0, 0.05) is 30.8 Å². The van der Waals surface area contributed by atoms with Crippen LogP contribution in [0.5, 0.6) is 0 Å². The Hall–Kier alpha value is -0.810. The van der Waals surface area contributed by atoms with Crippen molar-refractivity contribution in [2.45, 2.75) is 11.3 Å². The fourth-order valence-corrected chi connectivity index (χ4v) is 2.72. The van der Waals surface area contributed by atoms with Gasteiger partial charge in [-0.2, -0.15) is 11.8 Å². The molecule has 2 N–H and O–H groups in total. The summed E-state index contributed by atoms with van der Waals surface area (Å²) < 4.78 is 0. The molecule has 1 aromatic carbocycles. The highest BCUT2D eigenvalue weighted by atomic mass is 32.2. The van der Waals surface area contributed by atoms with Crippen molar-refractivity contribution in [3.8, 4) is 0 Å². The highest BCUT2D eigenvalue weighted by Crippen LogP contribution is 2.15. The Labute approximate surface area is 125 Å². The number of nitrogens with one attached hydrogen (secondary N) is 2. The molecule has 3 nitrogen and oxygen atoms in total. The van der Waals surface area contributed by atoms with Crippen molar-refractivity contribution in [3.63, 3.8) is 0 Å². The SMILES string of the molecule is CN=C(NCCCSC)NCCSc1ccccc1. The first-order chi connectivity index (χ1) is 9.36. The summed E-state index contributed by atoms with van der Waals surface area (Å²) in [6.07, 6.45) is 3.30. The van der Waals surface area contributed by atoms with E-state index in [0.29, 0.717) is 0 Å². The Morgan fingerprint density at radius 2 is 1.84 bits per heavy atom. The molecule has 1 rings (SSSR count). The molecule has 0 heterocycles. The van der Waals surface area contributed by atoms with Crippen LogP contribution in [-0.4, -0.2) is 43.9 Å². The molecule has 0 amide bonds. The van der Waals surface area contributed by atoms with Crippen molar-refractivity contribution in [1.29, 1.82) is 0 Å². The number of aliphatic imine (C=N–C) groups is 1. The van der Waals surface area contributed by atoms with Gasteiger partial charge < -0.3 is 10.6 Å². The molecule has 0 spiro atoms. The van der Waals surface area contributed by atoms with Crippen molar-refractivity contribution in [2.24, 2.45) is 4.99 Å². The summed E-state index contributed by atoms with van der Waals surface area (Å²) in [5.41, 5.74) is 0. The average molecular weight is 297 g/mol. The maximum absolute atomic E-state index is 4.21. The molecule has 0 radical (unpaired) electrons. The molecule has 0 fully saturated rings. The van der Waals surface area contributed by atoms with Gasteiger partial charge in [-0.3, -0.25) is 4.99 Å². The van der Waals surface area contributed by atoms with Crippen LogP contribution in [0.25, 0.3) is 0 Å². The molecule has 0 aromatic heterocycles. The number of nitrogens with zero attached hydrogens (tertiary/aromatic N) is 1. The summed E-state index contributed by atoms with van der Waals surface area (Å²) in [5, 5.41) is 6.65.